The molecule has 0 fully saturated rings. The molecule has 0 rings (SSSR count). The molecular formula is C9H21NO. The molecule has 0 aliphatic rings. The molecule has 0 aliphatic heterocycles. The zero-order valence-electron chi connectivity index (χ0n) is 8.22. The molecule has 2 nitrogen and oxygen atoms in total. The quantitative estimate of drug-likeness (QED) is 0.657. The molecule has 0 amide bonds. The largest absolute Gasteiger partial charge is 0.394 e. The van der Waals surface area contributed by atoms with Gasteiger partial charge in [-0.15, -0.1) is 0 Å². The lowest BCUT2D eigenvalue weighted by atomic mass is 9.95. The SMILES string of the molecule is CCCC(C)(CO)N(C)CC. The highest BCUT2D eigenvalue weighted by Gasteiger charge is 2.25. The molecule has 1 unspecified atom stereocenters. The summed E-state index contributed by atoms with van der Waals surface area (Å²) in [5.41, 5.74) is -0.0104. The van der Waals surface area contributed by atoms with Gasteiger partial charge in [0.25, 0.3) is 0 Å². The molecule has 1 N–H and O–H groups in total. The highest BCUT2D eigenvalue weighted by molar-refractivity contribution is 4.82. The first-order chi connectivity index (χ1) is 5.10. The Kier molecular flexibility index (Phi) is 4.69. The number of rotatable bonds is 5. The number of nitrogens with zero attached hydrogens (tertiary/aromatic N) is 1. The van der Waals surface area contributed by atoms with Gasteiger partial charge in [0, 0.05) is 5.54 Å². The van der Waals surface area contributed by atoms with Crippen LogP contribution in [0.3, 0.4) is 0 Å². The minimum absolute atomic E-state index is 0.0104. The van der Waals surface area contributed by atoms with E-state index in [1.54, 1.807) is 0 Å². The Labute approximate surface area is 70.2 Å². The van der Waals surface area contributed by atoms with E-state index in [9.17, 15) is 5.11 Å². The second-order valence-electron chi connectivity index (χ2n) is 3.42. The average Bonchev–Trinajstić information content (AvgIpc) is 2.03. The van der Waals surface area contributed by atoms with Crippen LogP contribution in [0.1, 0.15) is 33.6 Å². The van der Waals surface area contributed by atoms with E-state index in [4.69, 9.17) is 0 Å². The van der Waals surface area contributed by atoms with Crippen molar-refractivity contribution in [2.24, 2.45) is 0 Å². The summed E-state index contributed by atoms with van der Waals surface area (Å²) >= 11 is 0. The molecule has 0 aliphatic carbocycles. The summed E-state index contributed by atoms with van der Waals surface area (Å²) < 4.78 is 0. The number of aliphatic hydroxyl groups is 1. The van der Waals surface area contributed by atoms with Crippen molar-refractivity contribution in [2.45, 2.75) is 39.2 Å². The minimum atomic E-state index is -0.0104. The summed E-state index contributed by atoms with van der Waals surface area (Å²) in [4.78, 5) is 2.20. The van der Waals surface area contributed by atoms with E-state index >= 15 is 0 Å². The Morgan fingerprint density at radius 3 is 2.18 bits per heavy atom. The summed E-state index contributed by atoms with van der Waals surface area (Å²) in [5, 5.41) is 9.18. The smallest absolute Gasteiger partial charge is 0.0612 e. The molecule has 0 saturated heterocycles. The topological polar surface area (TPSA) is 23.5 Å². The standard InChI is InChI=1S/C9H21NO/c1-5-7-9(3,8-11)10(4)6-2/h11H,5-8H2,1-4H3. The van der Waals surface area contributed by atoms with Crippen LogP contribution in [0, 0.1) is 0 Å². The van der Waals surface area contributed by atoms with Crippen LogP contribution in [0.15, 0.2) is 0 Å². The van der Waals surface area contributed by atoms with Gasteiger partial charge in [0.2, 0.25) is 0 Å². The lowest BCUT2D eigenvalue weighted by Crippen LogP contribution is -2.46. The molecule has 1 atom stereocenters. The van der Waals surface area contributed by atoms with Gasteiger partial charge in [-0.3, -0.25) is 4.90 Å². The van der Waals surface area contributed by atoms with Crippen molar-refractivity contribution in [3.8, 4) is 0 Å². The molecule has 0 aromatic heterocycles. The Bertz CT molecular complexity index is 106. The van der Waals surface area contributed by atoms with Crippen molar-refractivity contribution in [2.75, 3.05) is 20.2 Å². The van der Waals surface area contributed by atoms with E-state index in [0.29, 0.717) is 0 Å². The number of aliphatic hydroxyl groups excluding tert-OH is 1. The fourth-order valence-electron chi connectivity index (χ4n) is 1.31. The number of hydrogen-bond donors (Lipinski definition) is 1. The van der Waals surface area contributed by atoms with Crippen LogP contribution in [0.4, 0.5) is 0 Å². The van der Waals surface area contributed by atoms with E-state index in [-0.39, 0.29) is 12.1 Å². The van der Waals surface area contributed by atoms with Crippen LogP contribution in [0.5, 0.6) is 0 Å². The van der Waals surface area contributed by atoms with E-state index in [2.05, 4.69) is 32.7 Å². The fraction of sp³-hybridized carbons (Fsp3) is 1.00. The van der Waals surface area contributed by atoms with Gasteiger partial charge in [0.1, 0.15) is 0 Å². The predicted octanol–water partition coefficient (Wildman–Crippen LogP) is 1.49. The average molecular weight is 159 g/mol. The molecule has 0 radical (unpaired) electrons. The predicted molar refractivity (Wildman–Crippen MR) is 48.7 cm³/mol. The van der Waals surface area contributed by atoms with E-state index in [1.165, 1.54) is 0 Å². The lowest BCUT2D eigenvalue weighted by Gasteiger charge is -2.36. The molecule has 0 saturated carbocycles. The van der Waals surface area contributed by atoms with E-state index in [1.807, 2.05) is 0 Å². The zero-order chi connectivity index (χ0) is 8.91. The molecular weight excluding hydrogens is 138 g/mol. The van der Waals surface area contributed by atoms with Gasteiger partial charge in [-0.25, -0.2) is 0 Å². The van der Waals surface area contributed by atoms with Crippen molar-refractivity contribution in [3.05, 3.63) is 0 Å². The Morgan fingerprint density at radius 2 is 1.91 bits per heavy atom. The van der Waals surface area contributed by atoms with Crippen LogP contribution in [-0.4, -0.2) is 35.7 Å². The summed E-state index contributed by atoms with van der Waals surface area (Å²) in [6.45, 7) is 7.63. The second-order valence-corrected chi connectivity index (χ2v) is 3.42. The third-order valence-electron chi connectivity index (χ3n) is 2.53. The molecule has 2 heteroatoms. The highest BCUT2D eigenvalue weighted by Crippen LogP contribution is 2.18. The van der Waals surface area contributed by atoms with E-state index in [0.717, 1.165) is 19.4 Å². The maximum absolute atomic E-state index is 9.18. The van der Waals surface area contributed by atoms with Crippen molar-refractivity contribution >= 4 is 0 Å². The normalized spacial score (nSPS) is 16.9. The van der Waals surface area contributed by atoms with Gasteiger partial charge in [-0.1, -0.05) is 20.3 Å². The maximum atomic E-state index is 9.18. The summed E-state index contributed by atoms with van der Waals surface area (Å²) in [7, 11) is 2.06. The molecule has 0 aromatic rings. The minimum Gasteiger partial charge on any atom is -0.394 e. The molecule has 0 heterocycles. The maximum Gasteiger partial charge on any atom is 0.0612 e. The van der Waals surface area contributed by atoms with Crippen LogP contribution >= 0.6 is 0 Å². The fourth-order valence-corrected chi connectivity index (χ4v) is 1.31. The van der Waals surface area contributed by atoms with Crippen LogP contribution in [-0.2, 0) is 0 Å². The van der Waals surface area contributed by atoms with Crippen molar-refractivity contribution in [1.29, 1.82) is 0 Å². The van der Waals surface area contributed by atoms with Gasteiger partial charge in [-0.2, -0.15) is 0 Å². The van der Waals surface area contributed by atoms with Crippen molar-refractivity contribution < 1.29 is 5.11 Å². The number of likely N-dealkylation sites (N-methyl/N-ethyl adjacent to an activating group) is 1. The third kappa shape index (κ3) is 2.80. The van der Waals surface area contributed by atoms with Gasteiger partial charge in [0.05, 0.1) is 6.61 Å². The number of hydrogen-bond acceptors (Lipinski definition) is 2. The van der Waals surface area contributed by atoms with Crippen molar-refractivity contribution in [1.82, 2.24) is 4.90 Å². The van der Waals surface area contributed by atoms with Crippen molar-refractivity contribution in [3.63, 3.8) is 0 Å². The Balaban J connectivity index is 4.07. The van der Waals surface area contributed by atoms with Crippen LogP contribution < -0.4 is 0 Å². The first-order valence-electron chi connectivity index (χ1n) is 4.42. The Morgan fingerprint density at radius 1 is 1.36 bits per heavy atom. The first-order valence-corrected chi connectivity index (χ1v) is 4.42. The monoisotopic (exact) mass is 159 g/mol. The molecule has 68 valence electrons. The van der Waals surface area contributed by atoms with Gasteiger partial charge >= 0.3 is 0 Å². The van der Waals surface area contributed by atoms with Gasteiger partial charge < -0.3 is 5.11 Å². The second kappa shape index (κ2) is 4.73. The van der Waals surface area contributed by atoms with Gasteiger partial charge in [-0.05, 0) is 26.9 Å². The molecule has 0 aromatic carbocycles. The molecule has 11 heavy (non-hydrogen) atoms. The van der Waals surface area contributed by atoms with Crippen LogP contribution in [0.2, 0.25) is 0 Å². The highest BCUT2D eigenvalue weighted by atomic mass is 16.3. The van der Waals surface area contributed by atoms with Crippen LogP contribution in [0.25, 0.3) is 0 Å². The Hall–Kier alpha value is -0.0800. The lowest BCUT2D eigenvalue weighted by molar-refractivity contribution is 0.0600. The molecule has 0 bridgehead atoms. The summed E-state index contributed by atoms with van der Waals surface area (Å²) in [6.07, 6.45) is 2.19. The molecule has 0 spiro atoms. The summed E-state index contributed by atoms with van der Waals surface area (Å²) in [5.74, 6) is 0. The summed E-state index contributed by atoms with van der Waals surface area (Å²) in [6, 6.07) is 0. The first kappa shape index (κ1) is 10.9. The van der Waals surface area contributed by atoms with E-state index < -0.39 is 0 Å². The van der Waals surface area contributed by atoms with Gasteiger partial charge in [0.15, 0.2) is 0 Å². The third-order valence-corrected chi connectivity index (χ3v) is 2.53. The zero-order valence-corrected chi connectivity index (χ0v) is 8.22.